The van der Waals surface area contributed by atoms with Crippen molar-refractivity contribution >= 4 is 0 Å². The van der Waals surface area contributed by atoms with Crippen molar-refractivity contribution in [1.29, 1.82) is 0 Å². The Morgan fingerprint density at radius 2 is 2.60 bits per heavy atom. The number of hydrogen-bond acceptors (Lipinski definition) is 3. The van der Waals surface area contributed by atoms with Gasteiger partial charge in [0.05, 0.1) is 12.1 Å². The summed E-state index contributed by atoms with van der Waals surface area (Å²) in [6.45, 7) is 2.10. The van der Waals surface area contributed by atoms with Gasteiger partial charge in [-0.25, -0.2) is 9.67 Å². The van der Waals surface area contributed by atoms with E-state index in [-0.39, 0.29) is 6.04 Å². The quantitative estimate of drug-likeness (QED) is 0.558. The fourth-order valence-corrected chi connectivity index (χ4v) is 1.44. The molecule has 0 aromatic carbocycles. The molecule has 4 heteroatoms. The third kappa shape index (κ3) is 0.593. The maximum Gasteiger partial charge on any atom is 0.144 e. The Morgan fingerprint density at radius 1 is 1.80 bits per heavy atom. The van der Waals surface area contributed by atoms with Crippen molar-refractivity contribution in [2.45, 2.75) is 25.4 Å². The zero-order valence-corrected chi connectivity index (χ0v) is 5.86. The summed E-state index contributed by atoms with van der Waals surface area (Å²) in [7, 11) is 0. The van der Waals surface area contributed by atoms with Crippen molar-refractivity contribution in [3.05, 3.63) is 12.2 Å². The van der Waals surface area contributed by atoms with E-state index in [0.717, 1.165) is 12.2 Å². The van der Waals surface area contributed by atoms with Crippen molar-refractivity contribution in [1.82, 2.24) is 14.8 Å². The van der Waals surface area contributed by atoms with Gasteiger partial charge in [0.2, 0.25) is 0 Å². The van der Waals surface area contributed by atoms with Gasteiger partial charge in [0.1, 0.15) is 12.2 Å². The number of nitrogens with two attached hydrogens (primary N) is 1. The molecule has 0 radical (unpaired) electrons. The molecule has 10 heavy (non-hydrogen) atoms. The zero-order chi connectivity index (χ0) is 7.14. The summed E-state index contributed by atoms with van der Waals surface area (Å²) < 4.78 is 1.89. The molecule has 0 saturated carbocycles. The van der Waals surface area contributed by atoms with E-state index in [2.05, 4.69) is 17.0 Å². The highest BCUT2D eigenvalue weighted by Crippen LogP contribution is 2.28. The molecule has 1 aliphatic heterocycles. The molecular weight excluding hydrogens is 128 g/mol. The second-order valence-electron chi connectivity index (χ2n) is 2.75. The number of aromatic nitrogens is 3. The zero-order valence-electron chi connectivity index (χ0n) is 5.86. The first-order valence-electron chi connectivity index (χ1n) is 3.44. The van der Waals surface area contributed by atoms with Gasteiger partial charge < -0.3 is 5.73 Å². The van der Waals surface area contributed by atoms with Crippen molar-refractivity contribution in [2.75, 3.05) is 0 Å². The number of hydrogen-bond donors (Lipinski definition) is 1. The molecule has 4 nitrogen and oxygen atoms in total. The highest BCUT2D eigenvalue weighted by atomic mass is 15.4. The normalized spacial score (nSPS) is 30.6. The van der Waals surface area contributed by atoms with E-state index in [1.54, 1.807) is 6.33 Å². The third-order valence-electron chi connectivity index (χ3n) is 1.94. The van der Waals surface area contributed by atoms with Gasteiger partial charge in [0, 0.05) is 0 Å². The molecule has 1 aliphatic rings. The lowest BCUT2D eigenvalue weighted by atomic mass is 10.2. The summed E-state index contributed by atoms with van der Waals surface area (Å²) >= 11 is 0. The van der Waals surface area contributed by atoms with Crippen LogP contribution < -0.4 is 5.73 Å². The van der Waals surface area contributed by atoms with Gasteiger partial charge >= 0.3 is 0 Å². The predicted molar refractivity (Wildman–Crippen MR) is 36.3 cm³/mol. The van der Waals surface area contributed by atoms with E-state index < -0.39 is 0 Å². The first-order chi connectivity index (χ1) is 4.79. The molecule has 0 amide bonds. The van der Waals surface area contributed by atoms with Crippen molar-refractivity contribution in [2.24, 2.45) is 5.73 Å². The second-order valence-corrected chi connectivity index (χ2v) is 2.75. The van der Waals surface area contributed by atoms with Gasteiger partial charge in [-0.3, -0.25) is 0 Å². The Kier molecular flexibility index (Phi) is 1.05. The Morgan fingerprint density at radius 3 is 3.30 bits per heavy atom. The average molecular weight is 138 g/mol. The van der Waals surface area contributed by atoms with Crippen LogP contribution in [0.5, 0.6) is 0 Å². The summed E-state index contributed by atoms with van der Waals surface area (Å²) in [5, 5.41) is 4.05. The Bertz CT molecular complexity index is 219. The smallest absolute Gasteiger partial charge is 0.144 e. The predicted octanol–water partition coefficient (Wildman–Crippen LogP) is 0.243. The maximum absolute atomic E-state index is 5.76. The molecule has 0 aliphatic carbocycles. The summed E-state index contributed by atoms with van der Waals surface area (Å²) in [6.07, 6.45) is 2.53. The lowest BCUT2D eigenvalue weighted by Gasteiger charge is -2.00. The molecule has 0 spiro atoms. The number of nitrogens with zero attached hydrogens (tertiary/aromatic N) is 3. The summed E-state index contributed by atoms with van der Waals surface area (Å²) in [6, 6.07) is 0.519. The molecule has 2 heterocycles. The topological polar surface area (TPSA) is 56.7 Å². The van der Waals surface area contributed by atoms with Crippen LogP contribution in [0, 0.1) is 0 Å². The fourth-order valence-electron chi connectivity index (χ4n) is 1.44. The van der Waals surface area contributed by atoms with Crippen LogP contribution in [0.2, 0.25) is 0 Å². The van der Waals surface area contributed by atoms with E-state index in [4.69, 9.17) is 5.73 Å². The van der Waals surface area contributed by atoms with Crippen LogP contribution in [-0.4, -0.2) is 14.8 Å². The molecule has 1 aromatic rings. The van der Waals surface area contributed by atoms with Crippen LogP contribution in [0.3, 0.4) is 0 Å². The van der Waals surface area contributed by atoms with Gasteiger partial charge in [-0.1, -0.05) is 0 Å². The molecule has 54 valence electrons. The van der Waals surface area contributed by atoms with Crippen molar-refractivity contribution in [3.8, 4) is 0 Å². The summed E-state index contributed by atoms with van der Waals surface area (Å²) in [5.41, 5.74) is 5.76. The monoisotopic (exact) mass is 138 g/mol. The van der Waals surface area contributed by atoms with Crippen molar-refractivity contribution in [3.63, 3.8) is 0 Å². The van der Waals surface area contributed by atoms with E-state index in [9.17, 15) is 0 Å². The van der Waals surface area contributed by atoms with Gasteiger partial charge in [-0.15, -0.1) is 0 Å². The lowest BCUT2D eigenvalue weighted by molar-refractivity contribution is 0.507. The highest BCUT2D eigenvalue weighted by molar-refractivity contribution is 5.01. The Hall–Kier alpha value is -0.900. The first-order valence-corrected chi connectivity index (χ1v) is 3.44. The number of fused-ring (bicyclic) bond motifs is 1. The molecule has 2 rings (SSSR count). The van der Waals surface area contributed by atoms with Gasteiger partial charge in [-0.05, 0) is 13.3 Å². The molecule has 0 bridgehead atoms. The van der Waals surface area contributed by atoms with Gasteiger partial charge in [0.15, 0.2) is 0 Å². The van der Waals surface area contributed by atoms with Crippen LogP contribution in [0.25, 0.3) is 0 Å². The van der Waals surface area contributed by atoms with Gasteiger partial charge in [-0.2, -0.15) is 5.10 Å². The average Bonchev–Trinajstić information content (AvgIpc) is 2.39. The van der Waals surface area contributed by atoms with E-state index in [0.29, 0.717) is 6.04 Å². The maximum atomic E-state index is 5.76. The Labute approximate surface area is 59.1 Å². The van der Waals surface area contributed by atoms with Crippen LogP contribution in [0.1, 0.15) is 31.3 Å². The second kappa shape index (κ2) is 1.79. The van der Waals surface area contributed by atoms with E-state index in [1.165, 1.54) is 0 Å². The van der Waals surface area contributed by atoms with E-state index in [1.807, 2.05) is 4.68 Å². The van der Waals surface area contributed by atoms with Crippen LogP contribution in [0.4, 0.5) is 0 Å². The Balaban J connectivity index is 2.48. The number of rotatable bonds is 0. The molecule has 0 unspecified atom stereocenters. The highest BCUT2D eigenvalue weighted by Gasteiger charge is 2.26. The minimum Gasteiger partial charge on any atom is -0.321 e. The third-order valence-corrected chi connectivity index (χ3v) is 1.94. The van der Waals surface area contributed by atoms with Crippen LogP contribution in [-0.2, 0) is 0 Å². The lowest BCUT2D eigenvalue weighted by Crippen LogP contribution is -2.06. The van der Waals surface area contributed by atoms with Crippen LogP contribution in [0.15, 0.2) is 6.33 Å². The standard InChI is InChI=1S/C6H10N4/c1-4-2-5(7)6-8-3-9-10(4)6/h3-5H,2,7H2,1H3/t4-,5+/m1/s1. The largest absolute Gasteiger partial charge is 0.321 e. The summed E-state index contributed by atoms with van der Waals surface area (Å²) in [5.74, 6) is 0.924. The molecule has 2 N–H and O–H groups in total. The first kappa shape index (κ1) is 5.85. The van der Waals surface area contributed by atoms with Crippen molar-refractivity contribution < 1.29 is 0 Å². The molecule has 1 aromatic heterocycles. The van der Waals surface area contributed by atoms with E-state index >= 15 is 0 Å². The molecule has 0 saturated heterocycles. The van der Waals surface area contributed by atoms with Crippen LogP contribution >= 0.6 is 0 Å². The minimum atomic E-state index is 0.0949. The molecular formula is C6H10N4. The minimum absolute atomic E-state index is 0.0949. The SMILES string of the molecule is C[C@@H]1C[C@H](N)c2ncnn21. The molecule has 2 atom stereocenters. The fraction of sp³-hybridized carbons (Fsp3) is 0.667. The van der Waals surface area contributed by atoms with Gasteiger partial charge in [0.25, 0.3) is 0 Å². The molecule has 0 fully saturated rings. The summed E-state index contributed by atoms with van der Waals surface area (Å²) in [4.78, 5) is 4.06.